The van der Waals surface area contributed by atoms with Gasteiger partial charge in [0.25, 0.3) is 0 Å². The van der Waals surface area contributed by atoms with Gasteiger partial charge in [0.2, 0.25) is 5.91 Å². The highest BCUT2D eigenvalue weighted by Crippen LogP contribution is 2.34. The van der Waals surface area contributed by atoms with Gasteiger partial charge in [-0.1, -0.05) is 12.1 Å². The number of halogens is 1. The quantitative estimate of drug-likeness (QED) is 0.514. The molecule has 2 aliphatic rings. The van der Waals surface area contributed by atoms with Crippen molar-refractivity contribution in [1.29, 1.82) is 0 Å². The van der Waals surface area contributed by atoms with Crippen LogP contribution in [0.1, 0.15) is 61.3 Å². The number of likely N-dealkylation sites (tertiary alicyclic amines) is 1. The molecule has 1 N–H and O–H groups in total. The molecule has 0 saturated carbocycles. The van der Waals surface area contributed by atoms with E-state index in [1.807, 2.05) is 17.0 Å². The number of hydrogen-bond donors (Lipinski definition) is 1. The van der Waals surface area contributed by atoms with Gasteiger partial charge in [0.15, 0.2) is 11.6 Å². The SMILES string of the molecule is COC(=O)CC(CC1CCN(C(=O)CCc2ccc3c(n2)NCCC3)CC1)c1ccc(OC)c(F)c1. The summed E-state index contributed by atoms with van der Waals surface area (Å²) in [5.41, 5.74) is 2.97. The number of aromatic nitrogens is 1. The van der Waals surface area contributed by atoms with E-state index in [2.05, 4.69) is 11.4 Å². The first-order valence-corrected chi connectivity index (χ1v) is 12.9. The van der Waals surface area contributed by atoms with Crippen molar-refractivity contribution in [1.82, 2.24) is 9.88 Å². The number of pyridine rings is 1. The molecule has 1 aromatic carbocycles. The van der Waals surface area contributed by atoms with Crippen LogP contribution < -0.4 is 10.1 Å². The van der Waals surface area contributed by atoms with Crippen molar-refractivity contribution >= 4 is 17.7 Å². The summed E-state index contributed by atoms with van der Waals surface area (Å²) < 4.78 is 24.3. The Labute approximate surface area is 212 Å². The number of hydrogen-bond acceptors (Lipinski definition) is 6. The number of rotatable bonds is 9. The molecule has 1 amide bonds. The van der Waals surface area contributed by atoms with Crippen LogP contribution in [-0.2, 0) is 27.2 Å². The third kappa shape index (κ3) is 6.53. The number of nitrogens with zero attached hydrogens (tertiary/aromatic N) is 2. The van der Waals surface area contributed by atoms with Crippen molar-refractivity contribution in [3.63, 3.8) is 0 Å². The Bertz CT molecular complexity index is 1070. The first-order valence-electron chi connectivity index (χ1n) is 12.9. The number of carbonyl (C=O) groups excluding carboxylic acids is 2. The number of carbonyl (C=O) groups is 2. The largest absolute Gasteiger partial charge is 0.494 e. The molecule has 3 heterocycles. The summed E-state index contributed by atoms with van der Waals surface area (Å²) >= 11 is 0. The first-order chi connectivity index (χ1) is 17.5. The molecule has 194 valence electrons. The maximum Gasteiger partial charge on any atom is 0.306 e. The van der Waals surface area contributed by atoms with E-state index >= 15 is 0 Å². The summed E-state index contributed by atoms with van der Waals surface area (Å²) in [6, 6.07) is 9.03. The van der Waals surface area contributed by atoms with E-state index in [-0.39, 0.29) is 30.0 Å². The number of fused-ring (bicyclic) bond motifs is 1. The fourth-order valence-electron chi connectivity index (χ4n) is 5.28. The summed E-state index contributed by atoms with van der Waals surface area (Å²) in [7, 11) is 2.80. The molecule has 0 radical (unpaired) electrons. The molecule has 1 saturated heterocycles. The molecule has 7 nitrogen and oxygen atoms in total. The minimum Gasteiger partial charge on any atom is -0.494 e. The molecule has 36 heavy (non-hydrogen) atoms. The number of nitrogens with one attached hydrogen (secondary N) is 1. The highest BCUT2D eigenvalue weighted by atomic mass is 19.1. The number of amides is 1. The Morgan fingerprint density at radius 3 is 2.72 bits per heavy atom. The van der Waals surface area contributed by atoms with Crippen LogP contribution in [0.5, 0.6) is 5.75 Å². The Balaban J connectivity index is 1.29. The molecule has 2 aromatic rings. The fourth-order valence-corrected chi connectivity index (χ4v) is 5.28. The van der Waals surface area contributed by atoms with Crippen LogP contribution in [0.15, 0.2) is 30.3 Å². The van der Waals surface area contributed by atoms with Gasteiger partial charge in [0, 0.05) is 31.7 Å². The van der Waals surface area contributed by atoms with Crippen LogP contribution in [0.3, 0.4) is 0 Å². The number of aryl methyl sites for hydroxylation is 2. The van der Waals surface area contributed by atoms with Crippen molar-refractivity contribution in [2.75, 3.05) is 39.2 Å². The van der Waals surface area contributed by atoms with Gasteiger partial charge in [-0.15, -0.1) is 0 Å². The van der Waals surface area contributed by atoms with Gasteiger partial charge in [-0.2, -0.15) is 0 Å². The second-order valence-corrected chi connectivity index (χ2v) is 9.77. The molecule has 1 aromatic heterocycles. The number of piperidine rings is 1. The van der Waals surface area contributed by atoms with Crippen molar-refractivity contribution in [3.8, 4) is 5.75 Å². The van der Waals surface area contributed by atoms with Gasteiger partial charge in [0.05, 0.1) is 20.6 Å². The second kappa shape index (κ2) is 12.2. The van der Waals surface area contributed by atoms with Crippen LogP contribution >= 0.6 is 0 Å². The minimum absolute atomic E-state index is 0.145. The van der Waals surface area contributed by atoms with Gasteiger partial charge in [-0.25, -0.2) is 9.37 Å². The lowest BCUT2D eigenvalue weighted by atomic mass is 9.82. The Morgan fingerprint density at radius 1 is 1.19 bits per heavy atom. The van der Waals surface area contributed by atoms with Crippen LogP contribution in [0, 0.1) is 11.7 Å². The first kappa shape index (κ1) is 25.9. The van der Waals surface area contributed by atoms with Gasteiger partial charge in [-0.05, 0) is 79.7 Å². The van der Waals surface area contributed by atoms with E-state index in [4.69, 9.17) is 14.5 Å². The molecule has 1 unspecified atom stereocenters. The molecule has 1 fully saturated rings. The Kier molecular flexibility index (Phi) is 8.78. The predicted molar refractivity (Wildman–Crippen MR) is 136 cm³/mol. The molecule has 1 atom stereocenters. The number of methoxy groups -OCH3 is 2. The fraction of sp³-hybridized carbons (Fsp3) is 0.536. The van der Waals surface area contributed by atoms with Crippen molar-refractivity contribution in [3.05, 3.63) is 53.0 Å². The molecule has 0 aliphatic carbocycles. The van der Waals surface area contributed by atoms with Gasteiger partial charge >= 0.3 is 5.97 Å². The zero-order valence-corrected chi connectivity index (χ0v) is 21.2. The molecule has 2 aliphatic heterocycles. The molecule has 0 spiro atoms. The zero-order valence-electron chi connectivity index (χ0n) is 21.2. The summed E-state index contributed by atoms with van der Waals surface area (Å²) in [5.74, 6) is 0.763. The molecule has 4 rings (SSSR count). The lowest BCUT2D eigenvalue weighted by Gasteiger charge is -2.34. The normalized spacial score (nSPS) is 16.6. The molecule has 8 heteroatoms. The van der Waals surface area contributed by atoms with Crippen molar-refractivity contribution in [2.24, 2.45) is 5.92 Å². The summed E-state index contributed by atoms with van der Waals surface area (Å²) in [4.78, 5) is 31.6. The number of anilines is 1. The smallest absolute Gasteiger partial charge is 0.306 e. The average Bonchev–Trinajstić information content (AvgIpc) is 2.91. The lowest BCUT2D eigenvalue weighted by Crippen LogP contribution is -2.39. The van der Waals surface area contributed by atoms with Gasteiger partial charge in [-0.3, -0.25) is 9.59 Å². The summed E-state index contributed by atoms with van der Waals surface area (Å²) in [6.07, 6.45) is 5.94. The topological polar surface area (TPSA) is 80.8 Å². The average molecular weight is 498 g/mol. The maximum atomic E-state index is 14.3. The third-order valence-corrected chi connectivity index (χ3v) is 7.42. The van der Waals surface area contributed by atoms with Gasteiger partial charge in [0.1, 0.15) is 5.82 Å². The summed E-state index contributed by atoms with van der Waals surface area (Å²) in [5, 5.41) is 3.35. The van der Waals surface area contributed by atoms with Crippen LogP contribution in [0.2, 0.25) is 0 Å². The second-order valence-electron chi connectivity index (χ2n) is 9.77. The molecular formula is C28H36FN3O4. The molecule has 0 bridgehead atoms. The van der Waals surface area contributed by atoms with Crippen molar-refractivity contribution < 1.29 is 23.5 Å². The van der Waals surface area contributed by atoms with E-state index in [1.165, 1.54) is 25.8 Å². The zero-order chi connectivity index (χ0) is 25.5. The minimum atomic E-state index is -0.436. The van der Waals surface area contributed by atoms with E-state index in [1.54, 1.807) is 6.07 Å². The highest BCUT2D eigenvalue weighted by Gasteiger charge is 2.27. The van der Waals surface area contributed by atoms with Crippen LogP contribution in [0.25, 0.3) is 0 Å². The van der Waals surface area contributed by atoms with Gasteiger partial charge < -0.3 is 19.7 Å². The van der Waals surface area contributed by atoms with E-state index < -0.39 is 5.82 Å². The van der Waals surface area contributed by atoms with Crippen LogP contribution in [-0.4, -0.2) is 55.6 Å². The monoisotopic (exact) mass is 497 g/mol. The third-order valence-electron chi connectivity index (χ3n) is 7.42. The number of benzene rings is 1. The Morgan fingerprint density at radius 2 is 2.00 bits per heavy atom. The Hall–Kier alpha value is -3.16. The van der Waals surface area contributed by atoms with E-state index in [0.717, 1.165) is 55.7 Å². The number of esters is 1. The standard InChI is InChI=1S/C28H36FN3O4/c1-35-25-9-6-21(17-24(25)29)22(18-27(34)36-2)16-19-11-14-32(15-12-19)26(33)10-8-23-7-5-20-4-3-13-30-28(20)31-23/h5-7,9,17,19,22H,3-4,8,10-16,18H2,1-2H3,(H,30,31). The predicted octanol–water partition coefficient (Wildman–Crippen LogP) is 4.50. The molecular weight excluding hydrogens is 461 g/mol. The highest BCUT2D eigenvalue weighted by molar-refractivity contribution is 5.76. The van der Waals surface area contributed by atoms with Crippen LogP contribution in [0.4, 0.5) is 10.2 Å². The summed E-state index contributed by atoms with van der Waals surface area (Å²) in [6.45, 7) is 2.35. The van der Waals surface area contributed by atoms with Crippen molar-refractivity contribution in [2.45, 2.75) is 57.3 Å². The van der Waals surface area contributed by atoms with E-state index in [0.29, 0.717) is 31.8 Å². The number of ether oxygens (including phenoxy) is 2. The van der Waals surface area contributed by atoms with E-state index in [9.17, 15) is 14.0 Å². The lowest BCUT2D eigenvalue weighted by molar-refractivity contribution is -0.141. The maximum absolute atomic E-state index is 14.3.